The van der Waals surface area contributed by atoms with Crippen LogP contribution in [0.15, 0.2) is 0 Å². The van der Waals surface area contributed by atoms with Gasteiger partial charge in [-0.2, -0.15) is 11.8 Å². The Labute approximate surface area is 115 Å². The first-order chi connectivity index (χ1) is 8.42. The van der Waals surface area contributed by atoms with Crippen LogP contribution in [-0.2, 0) is 4.74 Å². The zero-order valence-corrected chi connectivity index (χ0v) is 12.7. The Morgan fingerprint density at radius 2 is 2.06 bits per heavy atom. The SMILES string of the molecule is CSCCCCNC1CC1NC(=O)OC(C)(C)C. The van der Waals surface area contributed by atoms with E-state index in [1.165, 1.54) is 18.6 Å². The molecule has 1 aliphatic carbocycles. The van der Waals surface area contributed by atoms with Crippen molar-refractivity contribution in [2.75, 3.05) is 18.6 Å². The van der Waals surface area contributed by atoms with Crippen LogP contribution in [0.5, 0.6) is 0 Å². The molecule has 2 N–H and O–H groups in total. The Balaban J connectivity index is 2.01. The zero-order chi connectivity index (χ0) is 13.6. The summed E-state index contributed by atoms with van der Waals surface area (Å²) in [5, 5.41) is 6.34. The number of thioether (sulfide) groups is 1. The van der Waals surface area contributed by atoms with Gasteiger partial charge in [0, 0.05) is 12.1 Å². The Hall–Kier alpha value is -0.420. The second-order valence-electron chi connectivity index (χ2n) is 5.75. The van der Waals surface area contributed by atoms with Crippen molar-refractivity contribution in [1.29, 1.82) is 0 Å². The fourth-order valence-corrected chi connectivity index (χ4v) is 2.19. The van der Waals surface area contributed by atoms with Crippen LogP contribution in [0.4, 0.5) is 4.79 Å². The number of hydrogen-bond acceptors (Lipinski definition) is 4. The van der Waals surface area contributed by atoms with Crippen LogP contribution in [0.3, 0.4) is 0 Å². The minimum Gasteiger partial charge on any atom is -0.444 e. The summed E-state index contributed by atoms with van der Waals surface area (Å²) < 4.78 is 5.21. The highest BCUT2D eigenvalue weighted by atomic mass is 32.2. The molecule has 1 saturated carbocycles. The molecule has 1 amide bonds. The molecular formula is C13H26N2O2S. The molecule has 0 spiro atoms. The number of carbonyl (C=O) groups excluding carboxylic acids is 1. The number of amides is 1. The average molecular weight is 274 g/mol. The van der Waals surface area contributed by atoms with Crippen LogP contribution in [0.1, 0.15) is 40.0 Å². The van der Waals surface area contributed by atoms with Gasteiger partial charge in [0.05, 0.1) is 0 Å². The molecule has 1 fully saturated rings. The number of rotatable bonds is 7. The van der Waals surface area contributed by atoms with Crippen molar-refractivity contribution in [1.82, 2.24) is 10.6 Å². The predicted molar refractivity (Wildman–Crippen MR) is 77.2 cm³/mol. The number of alkyl carbamates (subject to hydrolysis) is 1. The first-order valence-electron chi connectivity index (χ1n) is 6.64. The summed E-state index contributed by atoms with van der Waals surface area (Å²) in [7, 11) is 0. The lowest BCUT2D eigenvalue weighted by atomic mass is 10.2. The Morgan fingerprint density at radius 3 is 2.67 bits per heavy atom. The van der Waals surface area contributed by atoms with E-state index in [-0.39, 0.29) is 12.1 Å². The summed E-state index contributed by atoms with van der Waals surface area (Å²) in [5.74, 6) is 1.23. The van der Waals surface area contributed by atoms with E-state index in [4.69, 9.17) is 4.74 Å². The average Bonchev–Trinajstić information content (AvgIpc) is 2.93. The predicted octanol–water partition coefficient (Wildman–Crippen LogP) is 2.38. The van der Waals surface area contributed by atoms with Crippen LogP contribution in [0, 0.1) is 0 Å². The van der Waals surface area contributed by atoms with Crippen LogP contribution in [0.25, 0.3) is 0 Å². The molecule has 4 nitrogen and oxygen atoms in total. The van der Waals surface area contributed by atoms with Gasteiger partial charge in [-0.1, -0.05) is 0 Å². The van der Waals surface area contributed by atoms with E-state index < -0.39 is 5.60 Å². The standard InChI is InChI=1S/C13H26N2O2S/c1-13(2,3)17-12(16)15-11-9-10(11)14-7-5-6-8-18-4/h10-11,14H,5-9H2,1-4H3,(H,15,16). The molecule has 5 heteroatoms. The van der Waals surface area contributed by atoms with Crippen LogP contribution in [-0.4, -0.2) is 42.3 Å². The number of nitrogens with one attached hydrogen (secondary N) is 2. The molecule has 0 saturated heterocycles. The van der Waals surface area contributed by atoms with E-state index in [1.54, 1.807) is 0 Å². The topological polar surface area (TPSA) is 50.4 Å². The highest BCUT2D eigenvalue weighted by Gasteiger charge is 2.38. The second kappa shape index (κ2) is 7.24. The molecule has 0 bridgehead atoms. The Kier molecular flexibility index (Phi) is 6.29. The van der Waals surface area contributed by atoms with Crippen molar-refractivity contribution in [3.05, 3.63) is 0 Å². The summed E-state index contributed by atoms with van der Waals surface area (Å²) in [4.78, 5) is 11.5. The summed E-state index contributed by atoms with van der Waals surface area (Å²) in [6.45, 7) is 6.67. The third kappa shape index (κ3) is 7.11. The van der Waals surface area contributed by atoms with Gasteiger partial charge in [-0.25, -0.2) is 4.79 Å². The summed E-state index contributed by atoms with van der Waals surface area (Å²) in [6.07, 6.45) is 5.30. The molecule has 18 heavy (non-hydrogen) atoms. The van der Waals surface area contributed by atoms with Gasteiger partial charge in [0.15, 0.2) is 0 Å². The molecule has 0 heterocycles. The molecule has 0 radical (unpaired) electrons. The van der Waals surface area contributed by atoms with Gasteiger partial charge in [-0.3, -0.25) is 0 Å². The normalized spacial score (nSPS) is 22.7. The van der Waals surface area contributed by atoms with E-state index in [9.17, 15) is 4.79 Å². The molecule has 2 atom stereocenters. The van der Waals surface area contributed by atoms with Gasteiger partial charge < -0.3 is 15.4 Å². The maximum Gasteiger partial charge on any atom is 0.407 e. The molecule has 0 aliphatic heterocycles. The van der Waals surface area contributed by atoms with E-state index in [0.717, 1.165) is 13.0 Å². The lowest BCUT2D eigenvalue weighted by molar-refractivity contribution is 0.0522. The van der Waals surface area contributed by atoms with Gasteiger partial charge in [0.25, 0.3) is 0 Å². The largest absolute Gasteiger partial charge is 0.444 e. The fraction of sp³-hybridized carbons (Fsp3) is 0.923. The van der Waals surface area contributed by atoms with Gasteiger partial charge in [0.2, 0.25) is 0 Å². The molecule has 0 aromatic carbocycles. The lowest BCUT2D eigenvalue weighted by Gasteiger charge is -2.19. The van der Waals surface area contributed by atoms with E-state index >= 15 is 0 Å². The lowest BCUT2D eigenvalue weighted by Crippen LogP contribution is -2.36. The number of unbranched alkanes of at least 4 members (excludes halogenated alkanes) is 1. The summed E-state index contributed by atoms with van der Waals surface area (Å²) in [6, 6.07) is 0.687. The van der Waals surface area contributed by atoms with Gasteiger partial charge >= 0.3 is 6.09 Å². The van der Waals surface area contributed by atoms with Crippen LogP contribution >= 0.6 is 11.8 Å². The van der Waals surface area contributed by atoms with Gasteiger partial charge in [-0.15, -0.1) is 0 Å². The first kappa shape index (κ1) is 15.6. The van der Waals surface area contributed by atoms with Crippen molar-refractivity contribution in [3.8, 4) is 0 Å². The quantitative estimate of drug-likeness (QED) is 0.700. The van der Waals surface area contributed by atoms with Crippen LogP contribution < -0.4 is 10.6 Å². The third-order valence-electron chi connectivity index (χ3n) is 2.67. The third-order valence-corrected chi connectivity index (χ3v) is 3.37. The van der Waals surface area contributed by atoms with Gasteiger partial charge in [-0.05, 0) is 58.6 Å². The summed E-state index contributed by atoms with van der Waals surface area (Å²) >= 11 is 1.89. The second-order valence-corrected chi connectivity index (χ2v) is 6.73. The molecule has 1 rings (SSSR count). The van der Waals surface area contributed by atoms with E-state index in [0.29, 0.717) is 6.04 Å². The Morgan fingerprint density at radius 1 is 1.33 bits per heavy atom. The molecule has 2 unspecified atom stereocenters. The molecule has 0 aromatic heterocycles. The first-order valence-corrected chi connectivity index (χ1v) is 8.03. The molecule has 0 aromatic rings. The van der Waals surface area contributed by atoms with Gasteiger partial charge in [0.1, 0.15) is 5.60 Å². The van der Waals surface area contributed by atoms with Crippen molar-refractivity contribution in [2.24, 2.45) is 0 Å². The van der Waals surface area contributed by atoms with E-state index in [1.807, 2.05) is 32.5 Å². The zero-order valence-electron chi connectivity index (χ0n) is 11.9. The maximum atomic E-state index is 11.5. The fourth-order valence-electron chi connectivity index (χ4n) is 1.70. The monoisotopic (exact) mass is 274 g/mol. The van der Waals surface area contributed by atoms with Crippen LogP contribution in [0.2, 0.25) is 0 Å². The smallest absolute Gasteiger partial charge is 0.407 e. The Bertz CT molecular complexity index is 266. The van der Waals surface area contributed by atoms with Crippen molar-refractivity contribution >= 4 is 17.9 Å². The molecule has 106 valence electrons. The van der Waals surface area contributed by atoms with Crippen molar-refractivity contribution < 1.29 is 9.53 Å². The maximum absolute atomic E-state index is 11.5. The van der Waals surface area contributed by atoms with Crippen molar-refractivity contribution in [3.63, 3.8) is 0 Å². The number of hydrogen-bond donors (Lipinski definition) is 2. The summed E-state index contributed by atoms with van der Waals surface area (Å²) in [5.41, 5.74) is -0.417. The van der Waals surface area contributed by atoms with Crippen molar-refractivity contribution in [2.45, 2.75) is 57.7 Å². The highest BCUT2D eigenvalue weighted by molar-refractivity contribution is 7.98. The molecule has 1 aliphatic rings. The number of ether oxygens (including phenoxy) is 1. The minimum absolute atomic E-state index is 0.250. The highest BCUT2D eigenvalue weighted by Crippen LogP contribution is 2.21. The number of carbonyl (C=O) groups is 1. The minimum atomic E-state index is -0.417. The molecular weight excluding hydrogens is 248 g/mol. The van der Waals surface area contributed by atoms with E-state index in [2.05, 4.69) is 16.9 Å².